The van der Waals surface area contributed by atoms with E-state index in [-0.39, 0.29) is 5.56 Å². The van der Waals surface area contributed by atoms with Gasteiger partial charge in [-0.3, -0.25) is 4.79 Å². The lowest BCUT2D eigenvalue weighted by atomic mass is 10.2. The summed E-state index contributed by atoms with van der Waals surface area (Å²) in [6.45, 7) is 1.48. The van der Waals surface area contributed by atoms with Gasteiger partial charge in [0.15, 0.2) is 0 Å². The molecule has 1 heterocycles. The summed E-state index contributed by atoms with van der Waals surface area (Å²) in [5.41, 5.74) is 6.83. The van der Waals surface area contributed by atoms with E-state index in [9.17, 15) is 4.79 Å². The van der Waals surface area contributed by atoms with Gasteiger partial charge in [0, 0.05) is 36.2 Å². The molecular weight excluding hydrogens is 311 g/mol. The van der Waals surface area contributed by atoms with Crippen molar-refractivity contribution in [2.75, 3.05) is 25.0 Å². The Morgan fingerprint density at radius 1 is 1.33 bits per heavy atom. The number of halogens is 2. The standard InChI is InChI=1S/C14H16Cl2N4O/c1-19(5-4-17)12-7-14(21)20(18-8-12)9-10-2-3-11(15)6-13(10)16/h2-3,6-8H,4-5,9,17H2,1H3. The molecule has 2 rings (SSSR count). The molecule has 2 aromatic rings. The number of benzene rings is 1. The molecule has 0 aliphatic heterocycles. The van der Waals surface area contributed by atoms with Crippen molar-refractivity contribution in [2.45, 2.75) is 6.54 Å². The van der Waals surface area contributed by atoms with E-state index in [2.05, 4.69) is 5.10 Å². The van der Waals surface area contributed by atoms with E-state index in [1.165, 1.54) is 10.7 Å². The van der Waals surface area contributed by atoms with E-state index in [0.717, 1.165) is 11.3 Å². The largest absolute Gasteiger partial charge is 0.372 e. The highest BCUT2D eigenvalue weighted by Gasteiger charge is 2.07. The zero-order chi connectivity index (χ0) is 15.4. The Labute approximate surface area is 132 Å². The third kappa shape index (κ3) is 3.97. The van der Waals surface area contributed by atoms with Crippen molar-refractivity contribution >= 4 is 28.9 Å². The van der Waals surface area contributed by atoms with Crippen LogP contribution in [0.2, 0.25) is 10.0 Å². The van der Waals surface area contributed by atoms with Crippen LogP contribution in [0.15, 0.2) is 35.3 Å². The van der Waals surface area contributed by atoms with Crippen molar-refractivity contribution in [3.8, 4) is 0 Å². The Morgan fingerprint density at radius 3 is 2.71 bits per heavy atom. The van der Waals surface area contributed by atoms with Crippen LogP contribution < -0.4 is 16.2 Å². The molecule has 0 radical (unpaired) electrons. The normalized spacial score (nSPS) is 10.7. The van der Waals surface area contributed by atoms with Gasteiger partial charge in [0.1, 0.15) is 0 Å². The first kappa shape index (κ1) is 15.8. The highest BCUT2D eigenvalue weighted by Crippen LogP contribution is 2.21. The molecule has 5 nitrogen and oxygen atoms in total. The van der Waals surface area contributed by atoms with Gasteiger partial charge >= 0.3 is 0 Å². The minimum atomic E-state index is -0.192. The van der Waals surface area contributed by atoms with Gasteiger partial charge in [-0.05, 0) is 17.7 Å². The molecule has 7 heteroatoms. The molecular formula is C14H16Cl2N4O. The first-order valence-corrected chi connectivity index (χ1v) is 7.19. The van der Waals surface area contributed by atoms with Crippen molar-refractivity contribution in [1.29, 1.82) is 0 Å². The Morgan fingerprint density at radius 2 is 2.10 bits per heavy atom. The van der Waals surface area contributed by atoms with Gasteiger partial charge in [0.05, 0.1) is 18.4 Å². The molecule has 0 aliphatic rings. The second kappa shape index (κ2) is 6.93. The van der Waals surface area contributed by atoms with Crippen molar-refractivity contribution in [3.05, 3.63) is 56.4 Å². The summed E-state index contributed by atoms with van der Waals surface area (Å²) in [5.74, 6) is 0. The smallest absolute Gasteiger partial charge is 0.269 e. The fourth-order valence-corrected chi connectivity index (χ4v) is 2.35. The van der Waals surface area contributed by atoms with Crippen LogP contribution in [0.5, 0.6) is 0 Å². The number of nitrogens with two attached hydrogens (primary N) is 1. The van der Waals surface area contributed by atoms with Crippen molar-refractivity contribution < 1.29 is 0 Å². The van der Waals surface area contributed by atoms with Crippen LogP contribution in [-0.4, -0.2) is 29.9 Å². The first-order valence-electron chi connectivity index (χ1n) is 6.43. The summed E-state index contributed by atoms with van der Waals surface area (Å²) in [5, 5.41) is 5.24. The lowest BCUT2D eigenvalue weighted by molar-refractivity contribution is 0.637. The SMILES string of the molecule is CN(CCN)c1cnn(Cc2ccc(Cl)cc2Cl)c(=O)c1. The fraction of sp³-hybridized carbons (Fsp3) is 0.286. The van der Waals surface area contributed by atoms with Gasteiger partial charge in [0.25, 0.3) is 5.56 Å². The molecule has 2 N–H and O–H groups in total. The highest BCUT2D eigenvalue weighted by molar-refractivity contribution is 6.35. The average Bonchev–Trinajstić information content (AvgIpc) is 2.44. The molecule has 0 bridgehead atoms. The van der Waals surface area contributed by atoms with Crippen molar-refractivity contribution in [2.24, 2.45) is 5.73 Å². The van der Waals surface area contributed by atoms with E-state index in [1.54, 1.807) is 24.4 Å². The molecule has 21 heavy (non-hydrogen) atoms. The van der Waals surface area contributed by atoms with E-state index >= 15 is 0 Å². The van der Waals surface area contributed by atoms with Gasteiger partial charge in [-0.15, -0.1) is 0 Å². The quantitative estimate of drug-likeness (QED) is 0.912. The monoisotopic (exact) mass is 326 g/mol. The summed E-state index contributed by atoms with van der Waals surface area (Å²) in [6.07, 6.45) is 1.64. The maximum absolute atomic E-state index is 12.1. The summed E-state index contributed by atoms with van der Waals surface area (Å²) >= 11 is 12.0. The molecule has 112 valence electrons. The summed E-state index contributed by atoms with van der Waals surface area (Å²) in [7, 11) is 1.86. The first-order chi connectivity index (χ1) is 10.0. The molecule has 0 saturated carbocycles. The third-order valence-corrected chi connectivity index (χ3v) is 3.68. The van der Waals surface area contributed by atoms with Gasteiger partial charge in [-0.25, -0.2) is 4.68 Å². The van der Waals surface area contributed by atoms with Crippen LogP contribution in [0.3, 0.4) is 0 Å². The van der Waals surface area contributed by atoms with Gasteiger partial charge in [0.2, 0.25) is 0 Å². The van der Waals surface area contributed by atoms with Crippen LogP contribution in [0, 0.1) is 0 Å². The molecule has 0 aliphatic carbocycles. The van der Waals surface area contributed by atoms with Gasteiger partial charge in [-0.2, -0.15) is 5.10 Å². The lowest BCUT2D eigenvalue weighted by Gasteiger charge is -2.17. The zero-order valence-electron chi connectivity index (χ0n) is 11.6. The topological polar surface area (TPSA) is 64.2 Å². The summed E-state index contributed by atoms with van der Waals surface area (Å²) in [6, 6.07) is 6.70. The molecule has 0 fully saturated rings. The molecule has 1 aromatic heterocycles. The predicted octanol–water partition coefficient (Wildman–Crippen LogP) is 1.99. The average molecular weight is 327 g/mol. The molecule has 0 saturated heterocycles. The maximum Gasteiger partial charge on any atom is 0.269 e. The van der Waals surface area contributed by atoms with Gasteiger partial charge in [-0.1, -0.05) is 29.3 Å². The Bertz CT molecular complexity index is 687. The van der Waals surface area contributed by atoms with Crippen molar-refractivity contribution in [1.82, 2.24) is 9.78 Å². The summed E-state index contributed by atoms with van der Waals surface area (Å²) < 4.78 is 1.36. The van der Waals surface area contributed by atoms with Crippen LogP contribution in [0.4, 0.5) is 5.69 Å². The number of aromatic nitrogens is 2. The number of hydrogen-bond acceptors (Lipinski definition) is 4. The minimum absolute atomic E-state index is 0.192. The minimum Gasteiger partial charge on any atom is -0.372 e. The van der Waals surface area contributed by atoms with E-state index < -0.39 is 0 Å². The number of anilines is 1. The highest BCUT2D eigenvalue weighted by atomic mass is 35.5. The predicted molar refractivity (Wildman–Crippen MR) is 86.4 cm³/mol. The maximum atomic E-state index is 12.1. The Kier molecular flexibility index (Phi) is 5.22. The molecule has 0 spiro atoms. The van der Waals surface area contributed by atoms with Crippen LogP contribution in [-0.2, 0) is 6.54 Å². The van der Waals surface area contributed by atoms with Crippen LogP contribution >= 0.6 is 23.2 Å². The molecule has 0 unspecified atom stereocenters. The zero-order valence-corrected chi connectivity index (χ0v) is 13.1. The lowest BCUT2D eigenvalue weighted by Crippen LogP contribution is -2.29. The number of nitrogens with zero attached hydrogens (tertiary/aromatic N) is 3. The second-order valence-electron chi connectivity index (χ2n) is 4.66. The van der Waals surface area contributed by atoms with Gasteiger partial charge < -0.3 is 10.6 Å². The number of hydrogen-bond donors (Lipinski definition) is 1. The Hall–Kier alpha value is -1.56. The van der Waals surface area contributed by atoms with E-state index in [4.69, 9.17) is 28.9 Å². The second-order valence-corrected chi connectivity index (χ2v) is 5.50. The molecule has 0 atom stereocenters. The Balaban J connectivity index is 2.23. The van der Waals surface area contributed by atoms with Crippen LogP contribution in [0.25, 0.3) is 0 Å². The molecule has 0 amide bonds. The number of rotatable bonds is 5. The van der Waals surface area contributed by atoms with E-state index in [1.807, 2.05) is 11.9 Å². The summed E-state index contributed by atoms with van der Waals surface area (Å²) in [4.78, 5) is 14.0. The molecule has 1 aromatic carbocycles. The third-order valence-electron chi connectivity index (χ3n) is 3.10. The fourth-order valence-electron chi connectivity index (χ4n) is 1.89. The van der Waals surface area contributed by atoms with Crippen molar-refractivity contribution in [3.63, 3.8) is 0 Å². The van der Waals surface area contributed by atoms with Crippen LogP contribution in [0.1, 0.15) is 5.56 Å². The van der Waals surface area contributed by atoms with E-state index in [0.29, 0.717) is 29.7 Å². The number of likely N-dealkylation sites (N-methyl/N-ethyl adjacent to an activating group) is 1.